The van der Waals surface area contributed by atoms with Crippen LogP contribution in [0.2, 0.25) is 8.67 Å². The Kier molecular flexibility index (Phi) is 4.81. The van der Waals surface area contributed by atoms with Crippen LogP contribution in [0.5, 0.6) is 0 Å². The minimum atomic E-state index is -0.255. The Labute approximate surface area is 142 Å². The maximum absolute atomic E-state index is 12.1. The molecule has 0 radical (unpaired) electrons. The molecule has 116 valence electrons. The second-order valence-electron chi connectivity index (χ2n) is 4.96. The second-order valence-corrected chi connectivity index (χ2v) is 7.25. The van der Waals surface area contributed by atoms with Crippen LogP contribution in [-0.2, 0) is 6.54 Å². The van der Waals surface area contributed by atoms with Crippen molar-refractivity contribution in [3.63, 3.8) is 0 Å². The van der Waals surface area contributed by atoms with Crippen molar-refractivity contribution in [2.45, 2.75) is 19.4 Å². The quantitative estimate of drug-likeness (QED) is 0.912. The lowest BCUT2D eigenvalue weighted by atomic mass is 10.3. The first-order valence-corrected chi connectivity index (χ1v) is 8.50. The smallest absolute Gasteiger partial charge is 0.254 e. The van der Waals surface area contributed by atoms with Gasteiger partial charge in [0.25, 0.3) is 5.91 Å². The summed E-state index contributed by atoms with van der Waals surface area (Å²) in [5.41, 5.74) is 1.16. The largest absolute Gasteiger partial charge is 0.346 e. The lowest BCUT2D eigenvalue weighted by Gasteiger charge is -2.15. The Hall–Kier alpha value is -1.37. The van der Waals surface area contributed by atoms with Crippen LogP contribution in [-0.4, -0.2) is 29.0 Å². The normalized spacial score (nSPS) is 14.4. The molecule has 8 heteroatoms. The lowest BCUT2D eigenvalue weighted by Crippen LogP contribution is -2.25. The van der Waals surface area contributed by atoms with Crippen LogP contribution >= 0.6 is 34.5 Å². The minimum absolute atomic E-state index is 0.255. The van der Waals surface area contributed by atoms with Crippen LogP contribution in [0.3, 0.4) is 0 Å². The minimum Gasteiger partial charge on any atom is -0.346 e. The summed E-state index contributed by atoms with van der Waals surface area (Å²) in [6, 6.07) is 3.36. The number of carbonyl (C=O) groups excluding carboxylic acids is 1. The number of anilines is 1. The van der Waals surface area contributed by atoms with Crippen LogP contribution in [0.25, 0.3) is 0 Å². The SMILES string of the molecule is O=C(NCc1ccnc(N2CCCC2)n1)c1cc(Cl)sc1Cl. The molecule has 1 aliphatic heterocycles. The molecule has 1 N–H and O–H groups in total. The molecule has 0 bridgehead atoms. The first-order chi connectivity index (χ1) is 10.6. The number of amides is 1. The summed E-state index contributed by atoms with van der Waals surface area (Å²) in [4.78, 5) is 23.0. The van der Waals surface area contributed by atoms with Crippen LogP contribution < -0.4 is 10.2 Å². The van der Waals surface area contributed by atoms with Crippen LogP contribution in [0.15, 0.2) is 18.3 Å². The van der Waals surface area contributed by atoms with Crippen molar-refractivity contribution in [1.29, 1.82) is 0 Å². The topological polar surface area (TPSA) is 58.1 Å². The first-order valence-electron chi connectivity index (χ1n) is 6.93. The van der Waals surface area contributed by atoms with E-state index in [0.29, 0.717) is 20.8 Å². The molecule has 1 aliphatic rings. The standard InChI is InChI=1S/C14H14Cl2N4OS/c15-11-7-10(12(16)22-11)13(21)18-8-9-3-4-17-14(19-9)20-5-1-2-6-20/h3-4,7H,1-2,5-6,8H2,(H,18,21). The van der Waals surface area contributed by atoms with Crippen molar-refractivity contribution in [3.8, 4) is 0 Å². The predicted octanol–water partition coefficient (Wildman–Crippen LogP) is 3.38. The number of aromatic nitrogens is 2. The summed E-state index contributed by atoms with van der Waals surface area (Å²) < 4.78 is 0.886. The fourth-order valence-corrected chi connectivity index (χ4v) is 3.77. The number of hydrogen-bond donors (Lipinski definition) is 1. The Bertz CT molecular complexity index is 685. The van der Waals surface area contributed by atoms with E-state index in [-0.39, 0.29) is 5.91 Å². The van der Waals surface area contributed by atoms with Gasteiger partial charge in [-0.3, -0.25) is 4.79 Å². The van der Waals surface area contributed by atoms with Gasteiger partial charge in [0.1, 0.15) is 4.34 Å². The van der Waals surface area contributed by atoms with Crippen molar-refractivity contribution < 1.29 is 4.79 Å². The van der Waals surface area contributed by atoms with Crippen molar-refractivity contribution in [2.24, 2.45) is 0 Å². The van der Waals surface area contributed by atoms with Gasteiger partial charge in [-0.1, -0.05) is 23.2 Å². The van der Waals surface area contributed by atoms with Gasteiger partial charge in [-0.15, -0.1) is 11.3 Å². The maximum atomic E-state index is 12.1. The summed E-state index contributed by atoms with van der Waals surface area (Å²) >= 11 is 13.0. The molecule has 5 nitrogen and oxygen atoms in total. The number of rotatable bonds is 4. The highest BCUT2D eigenvalue weighted by atomic mass is 35.5. The van der Waals surface area contributed by atoms with Gasteiger partial charge in [0.05, 0.1) is 22.1 Å². The Morgan fingerprint density at radius 3 is 2.82 bits per heavy atom. The molecule has 0 saturated carbocycles. The van der Waals surface area contributed by atoms with Gasteiger partial charge in [0, 0.05) is 19.3 Å². The lowest BCUT2D eigenvalue weighted by molar-refractivity contribution is 0.0951. The van der Waals surface area contributed by atoms with Gasteiger partial charge in [0.15, 0.2) is 0 Å². The summed E-state index contributed by atoms with van der Waals surface area (Å²) in [6.07, 6.45) is 4.06. The molecular weight excluding hydrogens is 343 g/mol. The van der Waals surface area contributed by atoms with Crippen LogP contribution in [0.1, 0.15) is 28.9 Å². The van der Waals surface area contributed by atoms with Gasteiger partial charge in [-0.25, -0.2) is 9.97 Å². The van der Waals surface area contributed by atoms with E-state index in [1.807, 2.05) is 0 Å². The second kappa shape index (κ2) is 6.81. The molecule has 0 atom stereocenters. The Balaban J connectivity index is 1.65. The van der Waals surface area contributed by atoms with Crippen molar-refractivity contribution >= 4 is 46.4 Å². The van der Waals surface area contributed by atoms with E-state index in [1.54, 1.807) is 18.3 Å². The molecule has 1 fully saturated rings. The molecule has 0 aliphatic carbocycles. The third kappa shape index (κ3) is 3.51. The molecule has 0 spiro atoms. The van der Waals surface area contributed by atoms with Crippen molar-refractivity contribution in [2.75, 3.05) is 18.0 Å². The predicted molar refractivity (Wildman–Crippen MR) is 89.0 cm³/mol. The van der Waals surface area contributed by atoms with Gasteiger partial charge in [-0.05, 0) is 25.0 Å². The molecule has 1 amide bonds. The summed E-state index contributed by atoms with van der Waals surface area (Å²) in [6.45, 7) is 2.30. The van der Waals surface area contributed by atoms with Gasteiger partial charge < -0.3 is 10.2 Å². The molecular formula is C14H14Cl2N4OS. The maximum Gasteiger partial charge on any atom is 0.254 e. The number of hydrogen-bond acceptors (Lipinski definition) is 5. The average Bonchev–Trinajstić information content (AvgIpc) is 3.15. The van der Waals surface area contributed by atoms with Gasteiger partial charge in [0.2, 0.25) is 5.95 Å². The highest BCUT2D eigenvalue weighted by Crippen LogP contribution is 2.31. The van der Waals surface area contributed by atoms with Gasteiger partial charge in [-0.2, -0.15) is 0 Å². The molecule has 0 unspecified atom stereocenters. The third-order valence-electron chi connectivity index (χ3n) is 3.42. The van der Waals surface area contributed by atoms with E-state index >= 15 is 0 Å². The Morgan fingerprint density at radius 1 is 1.36 bits per heavy atom. The zero-order valence-electron chi connectivity index (χ0n) is 11.7. The first kappa shape index (κ1) is 15.5. The van der Waals surface area contributed by atoms with E-state index < -0.39 is 0 Å². The Morgan fingerprint density at radius 2 is 2.14 bits per heavy atom. The summed E-state index contributed by atoms with van der Waals surface area (Å²) in [5.74, 6) is 0.468. The number of carbonyl (C=O) groups is 1. The van der Waals surface area contributed by atoms with Crippen LogP contribution in [0, 0.1) is 0 Å². The van der Waals surface area contributed by atoms with E-state index in [2.05, 4.69) is 20.2 Å². The fourth-order valence-electron chi connectivity index (χ4n) is 2.31. The fraction of sp³-hybridized carbons (Fsp3) is 0.357. The van der Waals surface area contributed by atoms with Crippen molar-refractivity contribution in [3.05, 3.63) is 38.3 Å². The molecule has 3 rings (SSSR count). The molecule has 2 aromatic heterocycles. The van der Waals surface area contributed by atoms with Crippen molar-refractivity contribution in [1.82, 2.24) is 15.3 Å². The molecule has 3 heterocycles. The van der Waals surface area contributed by atoms with E-state index in [4.69, 9.17) is 23.2 Å². The highest BCUT2D eigenvalue weighted by Gasteiger charge is 2.16. The summed E-state index contributed by atoms with van der Waals surface area (Å²) in [5, 5.41) is 2.80. The molecule has 22 heavy (non-hydrogen) atoms. The van der Waals surface area contributed by atoms with Crippen LogP contribution in [0.4, 0.5) is 5.95 Å². The number of nitrogens with one attached hydrogen (secondary N) is 1. The zero-order chi connectivity index (χ0) is 15.5. The molecule has 0 aromatic carbocycles. The third-order valence-corrected chi connectivity index (χ3v) is 4.91. The number of thiophene rings is 1. The molecule has 1 saturated heterocycles. The van der Waals surface area contributed by atoms with E-state index in [1.165, 1.54) is 24.2 Å². The molecule has 2 aromatic rings. The van der Waals surface area contributed by atoms with E-state index in [9.17, 15) is 4.79 Å². The average molecular weight is 357 g/mol. The number of nitrogens with zero attached hydrogens (tertiary/aromatic N) is 3. The van der Waals surface area contributed by atoms with Gasteiger partial charge >= 0.3 is 0 Å². The highest BCUT2D eigenvalue weighted by molar-refractivity contribution is 7.20. The zero-order valence-corrected chi connectivity index (χ0v) is 14.0. The summed E-state index contributed by atoms with van der Waals surface area (Å²) in [7, 11) is 0. The van der Waals surface area contributed by atoms with E-state index in [0.717, 1.165) is 24.7 Å². The number of halogens is 2. The monoisotopic (exact) mass is 356 g/mol.